The van der Waals surface area contributed by atoms with Gasteiger partial charge < -0.3 is 15.5 Å². The van der Waals surface area contributed by atoms with Crippen molar-refractivity contribution in [3.8, 4) is 0 Å². The summed E-state index contributed by atoms with van der Waals surface area (Å²) in [7, 11) is 3.46. The van der Waals surface area contributed by atoms with E-state index in [2.05, 4.69) is 33.8 Å². The van der Waals surface area contributed by atoms with Gasteiger partial charge in [-0.3, -0.25) is 9.79 Å². The normalized spacial score (nSPS) is 14.1. The van der Waals surface area contributed by atoms with Crippen LogP contribution in [0.4, 0.5) is 0 Å². The number of guanidine groups is 1. The molecule has 1 aromatic carbocycles. The molecule has 20 heavy (non-hydrogen) atoms. The number of halogens is 1. The van der Waals surface area contributed by atoms with Gasteiger partial charge in [-0.1, -0.05) is 24.3 Å². The van der Waals surface area contributed by atoms with Gasteiger partial charge in [0.2, 0.25) is 5.91 Å². The summed E-state index contributed by atoms with van der Waals surface area (Å²) in [5.74, 6) is 0.733. The lowest BCUT2D eigenvalue weighted by atomic mass is 10.00. The Morgan fingerprint density at radius 3 is 2.70 bits per heavy atom. The lowest BCUT2D eigenvalue weighted by molar-refractivity contribution is -0.130. The Morgan fingerprint density at radius 2 is 2.05 bits per heavy atom. The summed E-state index contributed by atoms with van der Waals surface area (Å²) >= 11 is 0. The predicted octanol–water partition coefficient (Wildman–Crippen LogP) is 0.984. The van der Waals surface area contributed by atoms with E-state index < -0.39 is 0 Å². The van der Waals surface area contributed by atoms with Crippen molar-refractivity contribution < 1.29 is 4.79 Å². The number of rotatable bonds is 2. The van der Waals surface area contributed by atoms with E-state index >= 15 is 0 Å². The fraction of sp³-hybridized carbons (Fsp3) is 0.429. The molecule has 0 radical (unpaired) electrons. The highest BCUT2D eigenvalue weighted by Gasteiger charge is 2.19. The highest BCUT2D eigenvalue weighted by Crippen LogP contribution is 2.18. The van der Waals surface area contributed by atoms with Crippen molar-refractivity contribution in [3.63, 3.8) is 0 Å². The zero-order chi connectivity index (χ0) is 13.7. The fourth-order valence-electron chi connectivity index (χ4n) is 2.26. The van der Waals surface area contributed by atoms with Crippen molar-refractivity contribution in [3.05, 3.63) is 35.4 Å². The maximum atomic E-state index is 12.1. The quantitative estimate of drug-likeness (QED) is 0.451. The summed E-state index contributed by atoms with van der Waals surface area (Å²) in [4.78, 5) is 18.0. The number of carbonyl (C=O) groups is 1. The second kappa shape index (κ2) is 8.08. The number of hydrogen-bond acceptors (Lipinski definition) is 2. The molecule has 0 bridgehead atoms. The SMILES string of the molecule is CN=C(NC)NCC(=O)N1CCc2ccccc2C1.I. The maximum absolute atomic E-state index is 12.1. The van der Waals surface area contributed by atoms with Crippen LogP contribution < -0.4 is 10.6 Å². The van der Waals surface area contributed by atoms with Crippen LogP contribution in [0.15, 0.2) is 29.3 Å². The molecule has 0 spiro atoms. The van der Waals surface area contributed by atoms with Gasteiger partial charge in [0.05, 0.1) is 6.54 Å². The maximum Gasteiger partial charge on any atom is 0.242 e. The smallest absolute Gasteiger partial charge is 0.242 e. The zero-order valence-electron chi connectivity index (χ0n) is 11.8. The summed E-state index contributed by atoms with van der Waals surface area (Å²) in [6, 6.07) is 8.30. The van der Waals surface area contributed by atoms with Crippen LogP contribution in [-0.4, -0.2) is 44.0 Å². The molecule has 0 unspecified atom stereocenters. The third-order valence-electron chi connectivity index (χ3n) is 3.35. The Labute approximate surface area is 136 Å². The topological polar surface area (TPSA) is 56.7 Å². The predicted molar refractivity (Wildman–Crippen MR) is 91.4 cm³/mol. The summed E-state index contributed by atoms with van der Waals surface area (Å²) in [6.07, 6.45) is 0.933. The van der Waals surface area contributed by atoms with Crippen molar-refractivity contribution >= 4 is 35.8 Å². The van der Waals surface area contributed by atoms with E-state index in [0.717, 1.165) is 13.0 Å². The lowest BCUT2D eigenvalue weighted by Crippen LogP contribution is -2.45. The van der Waals surface area contributed by atoms with Crippen LogP contribution >= 0.6 is 24.0 Å². The van der Waals surface area contributed by atoms with Gasteiger partial charge in [-0.25, -0.2) is 0 Å². The van der Waals surface area contributed by atoms with Gasteiger partial charge in [0.1, 0.15) is 0 Å². The Hall–Kier alpha value is -1.31. The number of carbonyl (C=O) groups excluding carboxylic acids is 1. The molecule has 1 amide bonds. The fourth-order valence-corrected chi connectivity index (χ4v) is 2.26. The number of fused-ring (bicyclic) bond motifs is 1. The number of nitrogens with one attached hydrogen (secondary N) is 2. The molecule has 1 heterocycles. The van der Waals surface area contributed by atoms with Gasteiger partial charge in [0.15, 0.2) is 5.96 Å². The lowest BCUT2D eigenvalue weighted by Gasteiger charge is -2.29. The first-order valence-electron chi connectivity index (χ1n) is 6.47. The van der Waals surface area contributed by atoms with Gasteiger partial charge in [0, 0.05) is 27.2 Å². The summed E-state index contributed by atoms with van der Waals surface area (Å²) in [5, 5.41) is 5.88. The molecule has 0 aliphatic carbocycles. The second-order valence-electron chi connectivity index (χ2n) is 4.51. The van der Waals surface area contributed by atoms with Crippen LogP contribution in [0.25, 0.3) is 0 Å². The van der Waals surface area contributed by atoms with E-state index in [-0.39, 0.29) is 36.4 Å². The van der Waals surface area contributed by atoms with E-state index in [9.17, 15) is 4.79 Å². The third kappa shape index (κ3) is 4.09. The van der Waals surface area contributed by atoms with Gasteiger partial charge >= 0.3 is 0 Å². The van der Waals surface area contributed by atoms with Crippen LogP contribution in [-0.2, 0) is 17.8 Å². The first-order valence-corrected chi connectivity index (χ1v) is 6.47. The van der Waals surface area contributed by atoms with Gasteiger partial charge in [-0.15, -0.1) is 24.0 Å². The van der Waals surface area contributed by atoms with E-state index in [1.807, 2.05) is 11.0 Å². The van der Waals surface area contributed by atoms with Crippen LogP contribution in [0.2, 0.25) is 0 Å². The first kappa shape index (κ1) is 16.7. The molecule has 6 heteroatoms. The molecule has 0 saturated heterocycles. The molecular weight excluding hydrogens is 367 g/mol. The number of amides is 1. The van der Waals surface area contributed by atoms with Crippen molar-refractivity contribution in [2.45, 2.75) is 13.0 Å². The van der Waals surface area contributed by atoms with Crippen molar-refractivity contribution in [1.29, 1.82) is 0 Å². The minimum absolute atomic E-state index is 0. The number of aliphatic imine (C=N–C) groups is 1. The molecule has 1 aliphatic heterocycles. The average Bonchev–Trinajstić information content (AvgIpc) is 2.47. The molecule has 1 aromatic rings. The molecule has 1 aliphatic rings. The Bertz CT molecular complexity index is 490. The standard InChI is InChI=1S/C14H20N4O.HI/c1-15-14(16-2)17-9-13(19)18-8-7-11-5-3-4-6-12(11)10-18;/h3-6H,7-10H2,1-2H3,(H2,15,16,17);1H. The number of hydrogen-bond donors (Lipinski definition) is 2. The van der Waals surface area contributed by atoms with Gasteiger partial charge in [0.25, 0.3) is 0 Å². The molecule has 0 saturated carbocycles. The Balaban J connectivity index is 0.00000200. The summed E-state index contributed by atoms with van der Waals surface area (Å²) in [5.41, 5.74) is 2.60. The first-order chi connectivity index (χ1) is 9.24. The van der Waals surface area contributed by atoms with Gasteiger partial charge in [-0.05, 0) is 17.5 Å². The Kier molecular flexibility index (Phi) is 6.77. The average molecular weight is 388 g/mol. The second-order valence-corrected chi connectivity index (χ2v) is 4.51. The van der Waals surface area contributed by atoms with Crippen molar-refractivity contribution in [2.24, 2.45) is 4.99 Å². The molecule has 2 rings (SSSR count). The summed E-state index contributed by atoms with van der Waals surface area (Å²) in [6.45, 7) is 1.76. The summed E-state index contributed by atoms with van der Waals surface area (Å²) < 4.78 is 0. The molecular formula is C14H21IN4O. The monoisotopic (exact) mass is 388 g/mol. The Morgan fingerprint density at radius 1 is 1.35 bits per heavy atom. The molecule has 0 aromatic heterocycles. The van der Waals surface area contributed by atoms with E-state index in [1.165, 1.54) is 11.1 Å². The molecule has 0 atom stereocenters. The zero-order valence-corrected chi connectivity index (χ0v) is 14.2. The minimum atomic E-state index is 0. The molecule has 2 N–H and O–H groups in total. The number of nitrogens with zero attached hydrogens (tertiary/aromatic N) is 2. The van der Waals surface area contributed by atoms with Crippen molar-refractivity contribution in [1.82, 2.24) is 15.5 Å². The van der Waals surface area contributed by atoms with Crippen molar-refractivity contribution in [2.75, 3.05) is 27.2 Å². The van der Waals surface area contributed by atoms with Crippen LogP contribution in [0, 0.1) is 0 Å². The molecule has 110 valence electrons. The third-order valence-corrected chi connectivity index (χ3v) is 3.35. The van der Waals surface area contributed by atoms with E-state index in [0.29, 0.717) is 12.5 Å². The van der Waals surface area contributed by atoms with E-state index in [1.54, 1.807) is 14.1 Å². The molecule has 0 fully saturated rings. The molecule has 5 nitrogen and oxygen atoms in total. The van der Waals surface area contributed by atoms with Crippen LogP contribution in [0.5, 0.6) is 0 Å². The largest absolute Gasteiger partial charge is 0.359 e. The number of benzene rings is 1. The highest BCUT2D eigenvalue weighted by atomic mass is 127. The van der Waals surface area contributed by atoms with Crippen LogP contribution in [0.1, 0.15) is 11.1 Å². The van der Waals surface area contributed by atoms with Crippen LogP contribution in [0.3, 0.4) is 0 Å². The van der Waals surface area contributed by atoms with Gasteiger partial charge in [-0.2, -0.15) is 0 Å². The minimum Gasteiger partial charge on any atom is -0.359 e. The highest BCUT2D eigenvalue weighted by molar-refractivity contribution is 14.0. The van der Waals surface area contributed by atoms with E-state index in [4.69, 9.17) is 0 Å².